The van der Waals surface area contributed by atoms with Gasteiger partial charge in [-0.1, -0.05) is 0 Å². The molecule has 0 atom stereocenters. The number of carbonyl (C=O) groups is 1. The number of rotatable bonds is 3. The van der Waals surface area contributed by atoms with E-state index in [9.17, 15) is 18.0 Å². The molecule has 1 aliphatic rings. The number of alkyl halides is 3. The number of aliphatic hydroxyl groups excluding tert-OH is 1. The molecule has 1 saturated carbocycles. The molecular weight excluding hydrogens is 323 g/mol. The van der Waals surface area contributed by atoms with E-state index in [0.29, 0.717) is 35.3 Å². The molecule has 0 radical (unpaired) electrons. The maximum Gasteiger partial charge on any atom is 0.391 e. The lowest BCUT2D eigenvalue weighted by molar-refractivity contribution is -0.182. The van der Waals surface area contributed by atoms with Crippen LogP contribution in [0.25, 0.3) is 11.0 Å². The minimum absolute atomic E-state index is 0.0495. The summed E-state index contributed by atoms with van der Waals surface area (Å²) < 4.78 is 38.0. The highest BCUT2D eigenvalue weighted by Gasteiger charge is 2.41. The predicted octanol–water partition coefficient (Wildman–Crippen LogP) is 2.91. The van der Waals surface area contributed by atoms with Crippen molar-refractivity contribution >= 4 is 16.9 Å². The van der Waals surface area contributed by atoms with Gasteiger partial charge in [0.1, 0.15) is 12.4 Å². The normalized spacial score (nSPS) is 21.8. The molecule has 1 heterocycles. The molecule has 0 spiro atoms. The Morgan fingerprint density at radius 3 is 2.62 bits per heavy atom. The van der Waals surface area contributed by atoms with Gasteiger partial charge in [0.15, 0.2) is 0 Å². The van der Waals surface area contributed by atoms with Crippen LogP contribution in [0.4, 0.5) is 13.2 Å². The standard InChI is InChI=1S/C16H18F3N3O2/c17-16(18,19)10-2-4-11(5-3-10)20-15(24)9-1-6-12-13(7-9)22-14(8-23)21-12/h1,6-7,10-11,23H,2-5,8H2,(H,20,24)(H,21,22). The Hall–Kier alpha value is -2.09. The molecule has 1 amide bonds. The lowest BCUT2D eigenvalue weighted by Crippen LogP contribution is -2.40. The van der Waals surface area contributed by atoms with Crippen LogP contribution < -0.4 is 5.32 Å². The number of nitrogens with one attached hydrogen (secondary N) is 2. The topological polar surface area (TPSA) is 78.0 Å². The molecule has 5 nitrogen and oxygen atoms in total. The number of imidazole rings is 1. The van der Waals surface area contributed by atoms with E-state index in [2.05, 4.69) is 15.3 Å². The lowest BCUT2D eigenvalue weighted by atomic mass is 9.85. The summed E-state index contributed by atoms with van der Waals surface area (Å²) in [5, 5.41) is 11.9. The number of aromatic nitrogens is 2. The number of aromatic amines is 1. The number of fused-ring (bicyclic) bond motifs is 1. The molecule has 0 bridgehead atoms. The number of nitrogens with zero attached hydrogens (tertiary/aromatic N) is 1. The van der Waals surface area contributed by atoms with E-state index in [4.69, 9.17) is 5.11 Å². The Morgan fingerprint density at radius 1 is 1.29 bits per heavy atom. The summed E-state index contributed by atoms with van der Waals surface area (Å²) in [4.78, 5) is 19.3. The number of aliphatic hydroxyl groups is 1. The van der Waals surface area contributed by atoms with Crippen LogP contribution in [-0.2, 0) is 6.61 Å². The summed E-state index contributed by atoms with van der Waals surface area (Å²) in [6, 6.07) is 4.67. The fraction of sp³-hybridized carbons (Fsp3) is 0.500. The maximum atomic E-state index is 12.7. The maximum absolute atomic E-state index is 12.7. The van der Waals surface area contributed by atoms with Gasteiger partial charge < -0.3 is 15.4 Å². The molecule has 0 saturated heterocycles. The molecule has 130 valence electrons. The van der Waals surface area contributed by atoms with Gasteiger partial charge in [0.2, 0.25) is 0 Å². The Balaban J connectivity index is 1.63. The average molecular weight is 341 g/mol. The second kappa shape index (κ2) is 6.43. The molecule has 0 aliphatic heterocycles. The zero-order valence-corrected chi connectivity index (χ0v) is 12.9. The van der Waals surface area contributed by atoms with Gasteiger partial charge in [0.05, 0.1) is 17.0 Å². The van der Waals surface area contributed by atoms with Crippen molar-refractivity contribution in [3.05, 3.63) is 29.6 Å². The lowest BCUT2D eigenvalue weighted by Gasteiger charge is -2.30. The van der Waals surface area contributed by atoms with Crippen molar-refractivity contribution in [1.29, 1.82) is 0 Å². The van der Waals surface area contributed by atoms with Crippen LogP contribution >= 0.6 is 0 Å². The smallest absolute Gasteiger partial charge is 0.388 e. The predicted molar refractivity (Wildman–Crippen MR) is 81.3 cm³/mol. The third-order valence-electron chi connectivity index (χ3n) is 4.47. The summed E-state index contributed by atoms with van der Waals surface area (Å²) in [6.45, 7) is -0.224. The summed E-state index contributed by atoms with van der Waals surface area (Å²) >= 11 is 0. The number of halogens is 3. The van der Waals surface area contributed by atoms with E-state index in [1.54, 1.807) is 18.2 Å². The number of H-pyrrole nitrogens is 1. The summed E-state index contributed by atoms with van der Waals surface area (Å²) in [5.74, 6) is -1.16. The second-order valence-corrected chi connectivity index (χ2v) is 6.14. The molecule has 24 heavy (non-hydrogen) atoms. The quantitative estimate of drug-likeness (QED) is 0.803. The van der Waals surface area contributed by atoms with Crippen molar-refractivity contribution in [2.45, 2.75) is 44.5 Å². The van der Waals surface area contributed by atoms with Crippen LogP contribution in [0.2, 0.25) is 0 Å². The summed E-state index contributed by atoms with van der Waals surface area (Å²) in [6.07, 6.45) is -3.39. The van der Waals surface area contributed by atoms with Crippen molar-refractivity contribution in [3.8, 4) is 0 Å². The van der Waals surface area contributed by atoms with Gasteiger partial charge in [-0.25, -0.2) is 4.98 Å². The highest BCUT2D eigenvalue weighted by atomic mass is 19.4. The fourth-order valence-electron chi connectivity index (χ4n) is 3.11. The molecule has 8 heteroatoms. The van der Waals surface area contributed by atoms with E-state index in [1.807, 2.05) is 0 Å². The van der Waals surface area contributed by atoms with Crippen molar-refractivity contribution in [2.24, 2.45) is 5.92 Å². The third kappa shape index (κ3) is 3.53. The zero-order valence-electron chi connectivity index (χ0n) is 12.9. The van der Waals surface area contributed by atoms with E-state index in [1.165, 1.54) is 0 Å². The van der Waals surface area contributed by atoms with Crippen LogP contribution in [0.5, 0.6) is 0 Å². The first-order chi connectivity index (χ1) is 11.4. The molecule has 0 unspecified atom stereocenters. The SMILES string of the molecule is O=C(NC1CCC(C(F)(F)F)CC1)c1ccc2nc(CO)[nH]c2c1. The van der Waals surface area contributed by atoms with Gasteiger partial charge in [-0.2, -0.15) is 13.2 Å². The second-order valence-electron chi connectivity index (χ2n) is 6.14. The number of hydrogen-bond donors (Lipinski definition) is 3. The first kappa shape index (κ1) is 16.8. The van der Waals surface area contributed by atoms with Crippen molar-refractivity contribution in [1.82, 2.24) is 15.3 Å². The highest BCUT2D eigenvalue weighted by Crippen LogP contribution is 2.37. The minimum atomic E-state index is -4.15. The number of hydrogen-bond acceptors (Lipinski definition) is 3. The Labute approximate surface area is 136 Å². The van der Waals surface area contributed by atoms with Crippen molar-refractivity contribution < 1.29 is 23.1 Å². The monoisotopic (exact) mass is 341 g/mol. The van der Waals surface area contributed by atoms with Crippen LogP contribution in [-0.4, -0.2) is 33.2 Å². The van der Waals surface area contributed by atoms with E-state index in [-0.39, 0.29) is 31.4 Å². The molecule has 1 aromatic heterocycles. The van der Waals surface area contributed by atoms with Gasteiger partial charge in [0, 0.05) is 11.6 Å². The molecular formula is C16H18F3N3O2. The van der Waals surface area contributed by atoms with Gasteiger partial charge in [-0.05, 0) is 43.9 Å². The number of amides is 1. The average Bonchev–Trinajstić information content (AvgIpc) is 2.96. The Bertz CT molecular complexity index is 734. The molecule has 2 aromatic rings. The number of carbonyl (C=O) groups excluding carboxylic acids is 1. The van der Waals surface area contributed by atoms with Crippen molar-refractivity contribution in [2.75, 3.05) is 0 Å². The van der Waals surface area contributed by atoms with E-state index < -0.39 is 12.1 Å². The largest absolute Gasteiger partial charge is 0.391 e. The van der Waals surface area contributed by atoms with Gasteiger partial charge >= 0.3 is 6.18 Å². The Kier molecular flexibility index (Phi) is 4.49. The van der Waals surface area contributed by atoms with Crippen LogP contribution in [0.15, 0.2) is 18.2 Å². The van der Waals surface area contributed by atoms with Gasteiger partial charge in [0.25, 0.3) is 5.91 Å². The van der Waals surface area contributed by atoms with Crippen molar-refractivity contribution in [3.63, 3.8) is 0 Å². The Morgan fingerprint density at radius 2 is 2.00 bits per heavy atom. The van der Waals surface area contributed by atoms with E-state index >= 15 is 0 Å². The number of benzene rings is 1. The highest BCUT2D eigenvalue weighted by molar-refractivity contribution is 5.97. The fourth-order valence-corrected chi connectivity index (χ4v) is 3.11. The zero-order chi connectivity index (χ0) is 17.3. The van der Waals surface area contributed by atoms with Crippen LogP contribution in [0.3, 0.4) is 0 Å². The molecule has 1 aromatic carbocycles. The van der Waals surface area contributed by atoms with E-state index in [0.717, 1.165) is 0 Å². The first-order valence-corrected chi connectivity index (χ1v) is 7.84. The molecule has 3 N–H and O–H groups in total. The molecule has 1 aliphatic carbocycles. The minimum Gasteiger partial charge on any atom is -0.388 e. The third-order valence-corrected chi connectivity index (χ3v) is 4.47. The summed E-state index contributed by atoms with van der Waals surface area (Å²) in [7, 11) is 0. The van der Waals surface area contributed by atoms with Gasteiger partial charge in [-0.3, -0.25) is 4.79 Å². The van der Waals surface area contributed by atoms with Crippen LogP contribution in [0, 0.1) is 5.92 Å². The van der Waals surface area contributed by atoms with Gasteiger partial charge in [-0.15, -0.1) is 0 Å². The summed E-state index contributed by atoms with van der Waals surface area (Å²) in [5.41, 5.74) is 1.68. The molecule has 1 fully saturated rings. The first-order valence-electron chi connectivity index (χ1n) is 7.84. The van der Waals surface area contributed by atoms with Crippen LogP contribution in [0.1, 0.15) is 41.9 Å². The molecule has 3 rings (SSSR count).